The lowest BCUT2D eigenvalue weighted by Crippen LogP contribution is -2.27. The van der Waals surface area contributed by atoms with Gasteiger partial charge in [0.25, 0.3) is 15.9 Å². The van der Waals surface area contributed by atoms with E-state index in [-0.39, 0.29) is 16.8 Å². The Morgan fingerprint density at radius 1 is 0.971 bits per heavy atom. The average molecular weight is 476 g/mol. The van der Waals surface area contributed by atoms with Crippen molar-refractivity contribution in [3.05, 3.63) is 102 Å². The molecule has 1 unspecified atom stereocenters. The molecule has 0 aliphatic carbocycles. The minimum Gasteiger partial charge on any atom is -0.346 e. The Morgan fingerprint density at radius 3 is 2.32 bits per heavy atom. The van der Waals surface area contributed by atoms with Crippen LogP contribution in [0.25, 0.3) is 5.69 Å². The summed E-state index contributed by atoms with van der Waals surface area (Å²) in [5.74, 6) is -0.349. The highest BCUT2D eigenvalue weighted by Gasteiger charge is 2.20. The highest BCUT2D eigenvalue weighted by Crippen LogP contribution is 2.21. The van der Waals surface area contributed by atoms with Gasteiger partial charge in [-0.05, 0) is 68.3 Å². The van der Waals surface area contributed by atoms with E-state index >= 15 is 0 Å². The van der Waals surface area contributed by atoms with Crippen molar-refractivity contribution in [1.29, 1.82) is 0 Å². The first kappa shape index (κ1) is 23.2. The Kier molecular flexibility index (Phi) is 6.47. The number of sulfonamides is 1. The maximum atomic E-state index is 13.0. The number of nitrogens with zero attached hydrogens (tertiary/aromatic N) is 3. The Hall–Kier alpha value is -3.98. The van der Waals surface area contributed by atoms with Crippen LogP contribution in [-0.4, -0.2) is 29.1 Å². The van der Waals surface area contributed by atoms with Gasteiger partial charge in [-0.1, -0.05) is 35.9 Å². The number of nitrogens with one attached hydrogen (secondary N) is 2. The summed E-state index contributed by atoms with van der Waals surface area (Å²) in [6.07, 6.45) is 3.07. The van der Waals surface area contributed by atoms with Crippen molar-refractivity contribution < 1.29 is 13.2 Å². The van der Waals surface area contributed by atoms with Crippen LogP contribution < -0.4 is 10.0 Å². The molecule has 174 valence electrons. The molecule has 0 radical (unpaired) electrons. The molecular weight excluding hydrogens is 450 g/mol. The zero-order chi connectivity index (χ0) is 24.3. The van der Waals surface area contributed by atoms with Gasteiger partial charge in [0.15, 0.2) is 0 Å². The third kappa shape index (κ3) is 5.15. The van der Waals surface area contributed by atoms with Gasteiger partial charge in [0.1, 0.15) is 12.7 Å². The van der Waals surface area contributed by atoms with Gasteiger partial charge in [0.2, 0.25) is 0 Å². The van der Waals surface area contributed by atoms with E-state index in [1.807, 2.05) is 50.2 Å². The van der Waals surface area contributed by atoms with Crippen LogP contribution in [0, 0.1) is 13.8 Å². The van der Waals surface area contributed by atoms with E-state index in [0.717, 1.165) is 16.8 Å². The number of aryl methyl sites for hydroxylation is 2. The predicted octanol–water partition coefficient (Wildman–Crippen LogP) is 4.18. The van der Waals surface area contributed by atoms with E-state index in [9.17, 15) is 13.2 Å². The summed E-state index contributed by atoms with van der Waals surface area (Å²) in [5, 5.41) is 7.05. The number of anilines is 1. The molecule has 0 saturated heterocycles. The number of hydrogen-bond acceptors (Lipinski definition) is 5. The Morgan fingerprint density at radius 2 is 1.68 bits per heavy atom. The summed E-state index contributed by atoms with van der Waals surface area (Å²) in [5.41, 5.74) is 4.23. The fraction of sp³-hybridized carbons (Fsp3) is 0.160. The predicted molar refractivity (Wildman–Crippen MR) is 130 cm³/mol. The maximum absolute atomic E-state index is 13.0. The molecule has 8 nitrogen and oxygen atoms in total. The molecule has 4 rings (SSSR count). The molecule has 3 aromatic carbocycles. The lowest BCUT2D eigenvalue weighted by molar-refractivity contribution is 0.0939. The average Bonchev–Trinajstić information content (AvgIpc) is 3.35. The second-order valence-corrected chi connectivity index (χ2v) is 9.76. The van der Waals surface area contributed by atoms with Crippen LogP contribution in [0.2, 0.25) is 0 Å². The van der Waals surface area contributed by atoms with Gasteiger partial charge >= 0.3 is 0 Å². The van der Waals surface area contributed by atoms with Gasteiger partial charge in [0.05, 0.1) is 16.6 Å². The Balaban J connectivity index is 1.50. The van der Waals surface area contributed by atoms with Gasteiger partial charge in [-0.2, -0.15) is 5.10 Å². The van der Waals surface area contributed by atoms with Crippen molar-refractivity contribution >= 4 is 21.6 Å². The molecule has 1 amide bonds. The highest BCUT2D eigenvalue weighted by molar-refractivity contribution is 7.92. The minimum atomic E-state index is -3.85. The van der Waals surface area contributed by atoms with E-state index in [0.29, 0.717) is 16.8 Å². The van der Waals surface area contributed by atoms with Crippen molar-refractivity contribution in [1.82, 2.24) is 20.1 Å². The van der Waals surface area contributed by atoms with E-state index in [1.165, 1.54) is 18.5 Å². The summed E-state index contributed by atoms with van der Waals surface area (Å²) in [7, 11) is -3.85. The van der Waals surface area contributed by atoms with E-state index in [4.69, 9.17) is 0 Å². The van der Waals surface area contributed by atoms with Crippen LogP contribution in [-0.2, 0) is 10.0 Å². The highest BCUT2D eigenvalue weighted by atomic mass is 32.2. The fourth-order valence-electron chi connectivity index (χ4n) is 3.46. The summed E-state index contributed by atoms with van der Waals surface area (Å²) >= 11 is 0. The van der Waals surface area contributed by atoms with Gasteiger partial charge in [-0.25, -0.2) is 18.1 Å². The number of carbonyl (C=O) groups excluding carboxylic acids is 1. The normalized spacial score (nSPS) is 12.2. The molecule has 0 spiro atoms. The van der Waals surface area contributed by atoms with Crippen LogP contribution in [0.5, 0.6) is 0 Å². The third-order valence-corrected chi connectivity index (χ3v) is 6.87. The summed E-state index contributed by atoms with van der Waals surface area (Å²) in [6, 6.07) is 18.9. The standard InChI is InChI=1S/C25H25N5O3S/c1-17-4-9-21(10-5-17)29-34(32,33)23-13-6-18(2)24(14-23)25(31)28-19(3)20-7-11-22(12-8-20)30-16-26-15-27-30/h4-16,19,29H,1-3H3,(H,28,31). The Bertz CT molecular complexity index is 1400. The van der Waals surface area contributed by atoms with Gasteiger partial charge in [-0.15, -0.1) is 0 Å². The molecule has 0 aliphatic rings. The van der Waals surface area contributed by atoms with Gasteiger partial charge in [-0.3, -0.25) is 9.52 Å². The molecule has 0 saturated carbocycles. The molecule has 1 atom stereocenters. The topological polar surface area (TPSA) is 106 Å². The molecule has 0 aliphatic heterocycles. The van der Waals surface area contributed by atoms with Crippen molar-refractivity contribution in [2.45, 2.75) is 31.7 Å². The van der Waals surface area contributed by atoms with Crippen molar-refractivity contribution in [2.24, 2.45) is 0 Å². The van der Waals surface area contributed by atoms with Crippen molar-refractivity contribution in [3.8, 4) is 5.69 Å². The first-order chi connectivity index (χ1) is 16.2. The number of benzene rings is 3. The number of aromatic nitrogens is 3. The maximum Gasteiger partial charge on any atom is 0.261 e. The van der Waals surface area contributed by atoms with Crippen LogP contribution >= 0.6 is 0 Å². The van der Waals surface area contributed by atoms with Crippen molar-refractivity contribution in [2.75, 3.05) is 4.72 Å². The summed E-state index contributed by atoms with van der Waals surface area (Å²) in [6.45, 7) is 5.57. The van der Waals surface area contributed by atoms with E-state index < -0.39 is 10.0 Å². The number of amides is 1. The smallest absolute Gasteiger partial charge is 0.261 e. The van der Waals surface area contributed by atoms with Crippen LogP contribution in [0.1, 0.15) is 40.0 Å². The van der Waals surface area contributed by atoms with Gasteiger partial charge in [0, 0.05) is 11.3 Å². The number of rotatable bonds is 7. The zero-order valence-electron chi connectivity index (χ0n) is 19.1. The van der Waals surface area contributed by atoms with Crippen LogP contribution in [0.3, 0.4) is 0 Å². The van der Waals surface area contributed by atoms with E-state index in [1.54, 1.807) is 36.1 Å². The fourth-order valence-corrected chi connectivity index (χ4v) is 4.55. The minimum absolute atomic E-state index is 0.0219. The molecule has 4 aromatic rings. The molecule has 1 heterocycles. The number of hydrogen-bond donors (Lipinski definition) is 2. The lowest BCUT2D eigenvalue weighted by Gasteiger charge is -2.17. The summed E-state index contributed by atoms with van der Waals surface area (Å²) in [4.78, 5) is 17.0. The SMILES string of the molecule is Cc1ccc(NS(=O)(=O)c2ccc(C)c(C(=O)NC(C)c3ccc(-n4cncn4)cc3)c2)cc1. The molecule has 9 heteroatoms. The van der Waals surface area contributed by atoms with E-state index in [2.05, 4.69) is 20.1 Å². The third-order valence-electron chi connectivity index (χ3n) is 5.49. The van der Waals surface area contributed by atoms with Crippen LogP contribution in [0.15, 0.2) is 84.3 Å². The molecular formula is C25H25N5O3S. The van der Waals surface area contributed by atoms with Crippen molar-refractivity contribution in [3.63, 3.8) is 0 Å². The molecule has 2 N–H and O–H groups in total. The zero-order valence-corrected chi connectivity index (χ0v) is 19.9. The first-order valence-corrected chi connectivity index (χ1v) is 12.2. The molecule has 0 bridgehead atoms. The first-order valence-electron chi connectivity index (χ1n) is 10.7. The summed E-state index contributed by atoms with van der Waals surface area (Å²) < 4.78 is 30.0. The number of carbonyl (C=O) groups is 1. The molecule has 1 aromatic heterocycles. The van der Waals surface area contributed by atoms with Crippen LogP contribution in [0.4, 0.5) is 5.69 Å². The second kappa shape index (κ2) is 9.48. The monoisotopic (exact) mass is 475 g/mol. The Labute approximate surface area is 198 Å². The second-order valence-electron chi connectivity index (χ2n) is 8.07. The van der Waals surface area contributed by atoms with Gasteiger partial charge < -0.3 is 5.32 Å². The quantitative estimate of drug-likeness (QED) is 0.417. The largest absolute Gasteiger partial charge is 0.346 e. The lowest BCUT2D eigenvalue weighted by atomic mass is 10.1. The molecule has 34 heavy (non-hydrogen) atoms. The molecule has 0 fully saturated rings.